The Kier molecular flexibility index (Phi) is 27.2. The molecule has 0 aromatic heterocycles. The summed E-state index contributed by atoms with van der Waals surface area (Å²) >= 11 is 18.5. The number of urea groups is 1. The van der Waals surface area contributed by atoms with Gasteiger partial charge in [0.1, 0.15) is 0 Å². The number of halogens is 3. The van der Waals surface area contributed by atoms with Crippen LogP contribution in [0.4, 0.5) is 10.5 Å². The van der Waals surface area contributed by atoms with Crippen LogP contribution in [0.3, 0.4) is 0 Å². The van der Waals surface area contributed by atoms with Crippen LogP contribution in [0.15, 0.2) is 81.9 Å². The molecular formula is C37H48Cl3N5O2U. The summed E-state index contributed by atoms with van der Waals surface area (Å²) in [6.07, 6.45) is 23.0. The van der Waals surface area contributed by atoms with Crippen LogP contribution in [0.5, 0.6) is 0 Å². The van der Waals surface area contributed by atoms with E-state index in [0.717, 1.165) is 41.0 Å². The van der Waals surface area contributed by atoms with Gasteiger partial charge in [-0.1, -0.05) is 55.3 Å². The molecule has 1 saturated heterocycles. The summed E-state index contributed by atoms with van der Waals surface area (Å²) in [5.41, 5.74) is 11.3. The number of aliphatic imine (C=N–C) groups is 1. The Labute approximate surface area is 327 Å². The van der Waals surface area contributed by atoms with Crippen molar-refractivity contribution in [3.05, 3.63) is 105 Å². The Hall–Kier alpha value is -2.46. The summed E-state index contributed by atoms with van der Waals surface area (Å²) in [7, 11) is 1.61. The minimum atomic E-state index is -0.0550. The van der Waals surface area contributed by atoms with E-state index in [0.29, 0.717) is 52.7 Å². The number of carbonyl (C=O) groups is 1. The minimum Gasteiger partial charge on any atom is -0.398 e. The number of benzene rings is 1. The number of likely N-dealkylation sites (tertiary alicyclic amines) is 1. The molecule has 11 heteroatoms. The van der Waals surface area contributed by atoms with Gasteiger partial charge >= 0.3 is 37.1 Å². The molecule has 1 fully saturated rings. The molecule has 4 N–H and O–H groups in total. The van der Waals surface area contributed by atoms with Gasteiger partial charge in [0.05, 0.1) is 34.7 Å². The van der Waals surface area contributed by atoms with Gasteiger partial charge in [-0.05, 0) is 60.7 Å². The maximum absolute atomic E-state index is 12.1. The number of hydrogen-bond donors (Lipinski definition) is 3. The van der Waals surface area contributed by atoms with E-state index >= 15 is 0 Å². The molecular weight excluding hydrogens is 891 g/mol. The largest absolute Gasteiger partial charge is 2.00 e. The molecule has 0 bridgehead atoms. The molecule has 1 aromatic rings. The standard InChI is InChI=1S/C23H29Cl2N5O2.C10H11Cl.C2H6.C2H2.U/c1-3-15-12-16(21-18(24)5-6-19(26)22(21)25)4-7-20(15)29-14-28-17-8-10-30(13-17)23(31)27-9-11-32-2;1-5-9(8(3)4)7-10(11)6-2;2*1-2;/h3-7,12,17,28H,8-11,13-14,26H2,1-2H3,(H,27,31);3,6-7H,1H2,2,4H3;1-2H3;1-2H;/q;-2;;;+2/b15-3-,29-20-;9-7+,10-6+;;;. The molecule has 1 unspecified atom stereocenters. The smallest absolute Gasteiger partial charge is 0.398 e. The third kappa shape index (κ3) is 16.3. The summed E-state index contributed by atoms with van der Waals surface area (Å²) < 4.78 is 4.96. The molecule has 0 radical (unpaired) electrons. The van der Waals surface area contributed by atoms with Crippen molar-refractivity contribution in [2.45, 2.75) is 47.1 Å². The number of terminal acetylenes is 1. The van der Waals surface area contributed by atoms with Crippen molar-refractivity contribution in [3.63, 3.8) is 0 Å². The average molecular weight is 939 g/mol. The first-order valence-corrected chi connectivity index (χ1v) is 16.3. The van der Waals surface area contributed by atoms with Gasteiger partial charge < -0.3 is 38.4 Å². The number of methoxy groups -OCH3 is 1. The topological polar surface area (TPSA) is 92.0 Å². The summed E-state index contributed by atoms with van der Waals surface area (Å²) in [5.74, 6) is 0. The summed E-state index contributed by atoms with van der Waals surface area (Å²) in [6, 6.07) is 3.60. The number of hydrogen-bond acceptors (Lipinski definition) is 5. The number of carbonyl (C=O) groups excluding carboxylic acids is 1. The molecule has 2 amide bonds. The van der Waals surface area contributed by atoms with Crippen LogP contribution >= 0.6 is 34.8 Å². The van der Waals surface area contributed by atoms with Gasteiger partial charge in [0.15, 0.2) is 0 Å². The van der Waals surface area contributed by atoms with Gasteiger partial charge in [-0.3, -0.25) is 16.4 Å². The summed E-state index contributed by atoms with van der Waals surface area (Å²) in [5, 5.41) is 7.91. The molecule has 2 aliphatic rings. The molecule has 0 spiro atoms. The van der Waals surface area contributed by atoms with Gasteiger partial charge in [0.25, 0.3) is 0 Å². The van der Waals surface area contributed by atoms with E-state index in [-0.39, 0.29) is 43.2 Å². The number of nitrogens with one attached hydrogen (secondary N) is 2. The number of amides is 2. The average Bonchev–Trinajstić information content (AvgIpc) is 3.57. The van der Waals surface area contributed by atoms with Crippen molar-refractivity contribution < 1.29 is 40.6 Å². The maximum Gasteiger partial charge on any atom is 2.00 e. The van der Waals surface area contributed by atoms with Gasteiger partial charge in [-0.25, -0.2) is 10.9 Å². The predicted octanol–water partition coefficient (Wildman–Crippen LogP) is 8.59. The van der Waals surface area contributed by atoms with Crippen molar-refractivity contribution in [1.82, 2.24) is 15.5 Å². The van der Waals surface area contributed by atoms with E-state index in [2.05, 4.69) is 36.1 Å². The number of rotatable bonds is 10. The fourth-order valence-corrected chi connectivity index (χ4v) is 4.89. The first-order valence-electron chi connectivity index (χ1n) is 15.1. The van der Waals surface area contributed by atoms with Crippen molar-refractivity contribution >= 4 is 57.8 Å². The second-order valence-electron chi connectivity index (χ2n) is 9.66. The summed E-state index contributed by atoms with van der Waals surface area (Å²) in [6.45, 7) is 21.5. The van der Waals surface area contributed by atoms with Crippen LogP contribution in [-0.2, 0) is 4.74 Å². The quantitative estimate of drug-likeness (QED) is 0.0722. The Balaban J connectivity index is 0. The Morgan fingerprint density at radius 2 is 1.94 bits per heavy atom. The van der Waals surface area contributed by atoms with Crippen LogP contribution in [-0.4, -0.2) is 62.7 Å². The molecule has 1 aliphatic carbocycles. The summed E-state index contributed by atoms with van der Waals surface area (Å²) in [4.78, 5) is 18.7. The van der Waals surface area contributed by atoms with Gasteiger partial charge in [-0.2, -0.15) is 6.58 Å². The zero-order valence-corrected chi connectivity index (χ0v) is 35.2. The van der Waals surface area contributed by atoms with Crippen molar-refractivity contribution in [2.75, 3.05) is 45.8 Å². The third-order valence-electron chi connectivity index (χ3n) is 6.61. The molecule has 1 heterocycles. The first-order chi connectivity index (χ1) is 22.6. The van der Waals surface area contributed by atoms with Crippen LogP contribution in [0.25, 0.3) is 5.57 Å². The van der Waals surface area contributed by atoms with Gasteiger partial charge in [0, 0.05) is 38.3 Å². The van der Waals surface area contributed by atoms with E-state index < -0.39 is 0 Å². The van der Waals surface area contributed by atoms with Gasteiger partial charge in [0.2, 0.25) is 0 Å². The fourth-order valence-electron chi connectivity index (χ4n) is 4.19. The molecule has 0 saturated carbocycles. The molecule has 48 heavy (non-hydrogen) atoms. The predicted molar refractivity (Wildman–Crippen MR) is 204 cm³/mol. The van der Waals surface area contributed by atoms with E-state index in [4.69, 9.17) is 56.8 Å². The monoisotopic (exact) mass is 937 g/mol. The number of ether oxygens (including phenoxy) is 1. The van der Waals surface area contributed by atoms with Crippen LogP contribution in [0.1, 0.15) is 46.6 Å². The maximum atomic E-state index is 12.1. The van der Waals surface area contributed by atoms with E-state index in [1.165, 1.54) is 0 Å². The second kappa shape index (κ2) is 27.4. The Morgan fingerprint density at radius 1 is 1.27 bits per heavy atom. The Bertz CT molecular complexity index is 1410. The SMILES string of the molecule is C#C.C/C=C1/C=C(c2c(Cl)ccc(N)c2Cl)C=C/C1=N/CNC1CCN(C(=O)NCCOC)C1.CC.[CH-]=C(C)/C([C-]=C)=C/C(Cl)=C\C.[U+2]. The number of nitrogens with zero attached hydrogens (tertiary/aromatic N) is 2. The van der Waals surface area contributed by atoms with E-state index in [9.17, 15) is 4.79 Å². The number of allylic oxidation sites excluding steroid dienone is 12. The Morgan fingerprint density at radius 3 is 2.50 bits per heavy atom. The normalized spacial score (nSPS) is 17.0. The second-order valence-corrected chi connectivity index (χ2v) is 10.9. The van der Waals surface area contributed by atoms with E-state index in [1.807, 2.05) is 56.9 Å². The zero-order chi connectivity index (χ0) is 35.9. The van der Waals surface area contributed by atoms with Crippen molar-refractivity contribution in [1.29, 1.82) is 0 Å². The number of nitrogen functional groups attached to an aromatic ring is 1. The first kappa shape index (κ1) is 47.7. The minimum absolute atomic E-state index is 0. The van der Waals surface area contributed by atoms with Crippen LogP contribution in [0, 0.1) is 56.6 Å². The molecule has 1 aromatic carbocycles. The molecule has 7 nitrogen and oxygen atoms in total. The zero-order valence-electron chi connectivity index (χ0n) is 28.8. The molecule has 1 atom stereocenters. The van der Waals surface area contributed by atoms with Crippen LogP contribution in [0.2, 0.25) is 10.0 Å². The van der Waals surface area contributed by atoms with E-state index in [1.54, 1.807) is 38.3 Å². The molecule has 1 aliphatic heterocycles. The number of nitrogens with two attached hydrogens (primary N) is 1. The molecule has 258 valence electrons. The van der Waals surface area contributed by atoms with Crippen molar-refractivity contribution in [3.8, 4) is 12.8 Å². The van der Waals surface area contributed by atoms with Crippen molar-refractivity contribution in [2.24, 2.45) is 4.99 Å². The molecule has 3 rings (SSSR count). The van der Waals surface area contributed by atoms with Crippen LogP contribution < -0.4 is 16.4 Å². The van der Waals surface area contributed by atoms with Gasteiger partial charge in [-0.15, -0.1) is 31.4 Å². The fraction of sp³-hybridized carbons (Fsp3) is 0.351. The number of anilines is 1. The third-order valence-corrected chi connectivity index (χ3v) is 7.66.